The smallest absolute Gasteiger partial charge is 0.291 e. The van der Waals surface area contributed by atoms with Gasteiger partial charge in [0.25, 0.3) is 11.5 Å². The lowest BCUT2D eigenvalue weighted by molar-refractivity contribution is 0.102. The molecule has 2 aliphatic carbocycles. The van der Waals surface area contributed by atoms with Gasteiger partial charge in [-0.1, -0.05) is 42.1 Å². The van der Waals surface area contributed by atoms with E-state index >= 15 is 0 Å². The highest BCUT2D eigenvalue weighted by atomic mass is 35.5. The fourth-order valence-corrected chi connectivity index (χ4v) is 5.00. The third-order valence-electron chi connectivity index (χ3n) is 6.83. The molecule has 3 aromatic rings. The maximum atomic E-state index is 13.4. The first kappa shape index (κ1) is 18.5. The molecule has 9 heteroatoms. The van der Waals surface area contributed by atoms with Gasteiger partial charge < -0.3 is 5.32 Å². The molecule has 1 aromatic carbocycles. The van der Waals surface area contributed by atoms with Crippen LogP contribution in [0.3, 0.4) is 0 Å². The van der Waals surface area contributed by atoms with Crippen molar-refractivity contribution in [2.24, 2.45) is 6.98 Å². The second kappa shape index (κ2) is 8.48. The summed E-state index contributed by atoms with van der Waals surface area (Å²) in [5.41, 5.74) is 1.88. The molecule has 2 aliphatic rings. The van der Waals surface area contributed by atoms with Crippen molar-refractivity contribution in [3.8, 4) is 5.69 Å². The van der Waals surface area contributed by atoms with Crippen LogP contribution >= 0.6 is 11.6 Å². The standard InChI is InChI=1S/C24H29ClN6O2/c1-14-22(24(33)31(29(14)3)18-7-5-4-6-8-18)26-23(32)21-15(2)30(28-27-21)20-12-11-17(13-19(20)25)16-9-10-16/h11-13,16,18H,4-10H2,1-3H3,(H,26,32)/i3D3. The van der Waals surface area contributed by atoms with Gasteiger partial charge in [0, 0.05) is 11.1 Å². The number of aromatic nitrogens is 5. The van der Waals surface area contributed by atoms with Crippen LogP contribution in [0.4, 0.5) is 5.69 Å². The zero-order chi connectivity index (χ0) is 25.8. The fraction of sp³-hybridized carbons (Fsp3) is 0.500. The summed E-state index contributed by atoms with van der Waals surface area (Å²) >= 11 is 6.52. The number of nitrogens with zero attached hydrogens (tertiary/aromatic N) is 5. The van der Waals surface area contributed by atoms with Crippen molar-refractivity contribution in [1.29, 1.82) is 0 Å². The predicted octanol–water partition coefficient (Wildman–Crippen LogP) is 4.67. The average Bonchev–Trinajstić information content (AvgIpc) is 3.57. The predicted molar refractivity (Wildman–Crippen MR) is 128 cm³/mol. The minimum atomic E-state index is -2.56. The zero-order valence-corrected chi connectivity index (χ0v) is 19.5. The van der Waals surface area contributed by atoms with Crippen molar-refractivity contribution in [3.63, 3.8) is 0 Å². The number of rotatable bonds is 5. The van der Waals surface area contributed by atoms with Crippen molar-refractivity contribution in [2.75, 3.05) is 5.32 Å². The molecule has 174 valence electrons. The van der Waals surface area contributed by atoms with E-state index in [0.717, 1.165) is 49.6 Å². The third-order valence-corrected chi connectivity index (χ3v) is 7.14. The number of benzene rings is 1. The van der Waals surface area contributed by atoms with Gasteiger partial charge >= 0.3 is 0 Å². The number of amides is 1. The lowest BCUT2D eigenvalue weighted by Gasteiger charge is -2.24. The van der Waals surface area contributed by atoms with Crippen LogP contribution in [-0.4, -0.2) is 30.3 Å². The first-order valence-corrected chi connectivity index (χ1v) is 11.8. The molecule has 2 fully saturated rings. The van der Waals surface area contributed by atoms with Crippen molar-refractivity contribution < 1.29 is 8.91 Å². The van der Waals surface area contributed by atoms with Gasteiger partial charge in [-0.15, -0.1) is 5.10 Å². The lowest BCUT2D eigenvalue weighted by atomic mass is 9.96. The van der Waals surface area contributed by atoms with Gasteiger partial charge in [0.15, 0.2) is 5.69 Å². The summed E-state index contributed by atoms with van der Waals surface area (Å²) in [7, 11) is 0. The van der Waals surface area contributed by atoms with Crippen molar-refractivity contribution >= 4 is 23.2 Å². The number of anilines is 1. The van der Waals surface area contributed by atoms with Crippen LogP contribution in [-0.2, 0) is 6.98 Å². The Bertz CT molecular complexity index is 1380. The SMILES string of the molecule is [2H]C([2H])([2H])n1c(C)c(NC(=O)c2nnn(-c3ccc(C4CC4)cc3Cl)c2C)c(=O)n1C1CCCCC1. The molecule has 1 amide bonds. The summed E-state index contributed by atoms with van der Waals surface area (Å²) in [6.45, 7) is 0.667. The molecular formula is C24H29ClN6O2. The highest BCUT2D eigenvalue weighted by Gasteiger charge is 2.27. The Morgan fingerprint density at radius 3 is 2.58 bits per heavy atom. The van der Waals surface area contributed by atoms with Crippen LogP contribution in [0, 0.1) is 13.8 Å². The number of halogens is 1. The quantitative estimate of drug-likeness (QED) is 0.585. The number of hydrogen-bond donors (Lipinski definition) is 1. The van der Waals surface area contributed by atoms with Gasteiger partial charge in [-0.2, -0.15) is 0 Å². The molecule has 0 unspecified atom stereocenters. The fourth-order valence-electron chi connectivity index (χ4n) is 4.73. The van der Waals surface area contributed by atoms with Gasteiger partial charge in [-0.05, 0) is 63.1 Å². The molecule has 2 heterocycles. The first-order chi connectivity index (χ1) is 17.1. The molecule has 5 rings (SSSR count). The van der Waals surface area contributed by atoms with E-state index in [-0.39, 0.29) is 23.1 Å². The van der Waals surface area contributed by atoms with Crippen molar-refractivity contribution in [1.82, 2.24) is 24.4 Å². The first-order valence-electron chi connectivity index (χ1n) is 13.0. The number of carbonyl (C=O) groups is 1. The Kier molecular flexibility index (Phi) is 4.77. The molecular weight excluding hydrogens is 440 g/mol. The van der Waals surface area contributed by atoms with E-state index < -0.39 is 18.4 Å². The van der Waals surface area contributed by atoms with Crippen LogP contribution in [0.2, 0.25) is 5.02 Å². The van der Waals surface area contributed by atoms with E-state index in [0.29, 0.717) is 22.3 Å². The normalized spacial score (nSPS) is 18.6. The van der Waals surface area contributed by atoms with E-state index in [1.54, 1.807) is 6.92 Å². The van der Waals surface area contributed by atoms with Gasteiger partial charge in [0.2, 0.25) is 0 Å². The third kappa shape index (κ3) is 3.90. The van der Waals surface area contributed by atoms with E-state index in [4.69, 9.17) is 15.7 Å². The topological polar surface area (TPSA) is 86.7 Å². The Morgan fingerprint density at radius 1 is 1.15 bits per heavy atom. The number of carbonyl (C=O) groups excluding carboxylic acids is 1. The Hall–Kier alpha value is -2.87. The average molecular weight is 472 g/mol. The highest BCUT2D eigenvalue weighted by Crippen LogP contribution is 2.41. The van der Waals surface area contributed by atoms with Gasteiger partial charge in [0.1, 0.15) is 5.69 Å². The Morgan fingerprint density at radius 2 is 1.91 bits per heavy atom. The number of nitrogens with one attached hydrogen (secondary N) is 1. The molecule has 33 heavy (non-hydrogen) atoms. The summed E-state index contributed by atoms with van der Waals surface area (Å²) in [6, 6.07) is 5.57. The van der Waals surface area contributed by atoms with Crippen LogP contribution in [0.25, 0.3) is 5.69 Å². The zero-order valence-electron chi connectivity index (χ0n) is 21.8. The summed E-state index contributed by atoms with van der Waals surface area (Å²) in [6.07, 6.45) is 6.68. The van der Waals surface area contributed by atoms with E-state index in [1.165, 1.54) is 21.9 Å². The molecule has 2 saturated carbocycles. The highest BCUT2D eigenvalue weighted by molar-refractivity contribution is 6.32. The summed E-state index contributed by atoms with van der Waals surface area (Å²) in [4.78, 5) is 26.6. The molecule has 0 radical (unpaired) electrons. The Labute approximate surface area is 201 Å². The van der Waals surface area contributed by atoms with Crippen LogP contribution < -0.4 is 10.9 Å². The minimum Gasteiger partial charge on any atom is -0.314 e. The van der Waals surface area contributed by atoms with Crippen molar-refractivity contribution in [2.45, 2.75) is 70.8 Å². The molecule has 0 aliphatic heterocycles. The molecule has 0 bridgehead atoms. The maximum absolute atomic E-state index is 13.4. The van der Waals surface area contributed by atoms with Gasteiger partial charge in [-0.3, -0.25) is 14.3 Å². The Balaban J connectivity index is 1.47. The van der Waals surface area contributed by atoms with Gasteiger partial charge in [-0.25, -0.2) is 9.36 Å². The largest absolute Gasteiger partial charge is 0.314 e. The van der Waals surface area contributed by atoms with E-state index in [9.17, 15) is 9.59 Å². The summed E-state index contributed by atoms with van der Waals surface area (Å²) < 4.78 is 27.9. The molecule has 8 nitrogen and oxygen atoms in total. The molecule has 0 saturated heterocycles. The molecule has 2 aromatic heterocycles. The molecule has 0 atom stereocenters. The van der Waals surface area contributed by atoms with Crippen LogP contribution in [0.1, 0.15) is 88.5 Å². The summed E-state index contributed by atoms with van der Waals surface area (Å²) in [5, 5.41) is 11.3. The second-order valence-corrected chi connectivity index (χ2v) is 9.50. The van der Waals surface area contributed by atoms with Crippen LogP contribution in [0.5, 0.6) is 0 Å². The van der Waals surface area contributed by atoms with Gasteiger partial charge in [0.05, 0.1) is 28.1 Å². The van der Waals surface area contributed by atoms with Crippen LogP contribution in [0.15, 0.2) is 23.0 Å². The second-order valence-electron chi connectivity index (χ2n) is 9.09. The summed E-state index contributed by atoms with van der Waals surface area (Å²) in [5.74, 6) is -0.0824. The monoisotopic (exact) mass is 471 g/mol. The van der Waals surface area contributed by atoms with E-state index in [2.05, 4.69) is 15.6 Å². The molecule has 0 spiro atoms. The lowest BCUT2D eigenvalue weighted by Crippen LogP contribution is -2.29. The number of hydrogen-bond acceptors (Lipinski definition) is 4. The van der Waals surface area contributed by atoms with Crippen molar-refractivity contribution in [3.05, 3.63) is 56.2 Å². The maximum Gasteiger partial charge on any atom is 0.291 e. The molecule has 1 N–H and O–H groups in total. The minimum absolute atomic E-state index is 0.0296. The van der Waals surface area contributed by atoms with E-state index in [1.807, 2.05) is 18.2 Å².